The lowest BCUT2D eigenvalue weighted by molar-refractivity contribution is 0.0936. The molecule has 1 fully saturated rings. The molecular weight excluding hydrogens is 222 g/mol. The smallest absolute Gasteiger partial charge is 0.251 e. The van der Waals surface area contributed by atoms with E-state index < -0.39 is 0 Å². The predicted octanol–water partition coefficient (Wildman–Crippen LogP) is 3.59. The third-order valence-electron chi connectivity index (χ3n) is 3.66. The standard InChI is InChI=1S/C16H22NO/c1-16(2,3)13-10-7-11-14(13)17-15(18)12-8-5-4-6-9-12/h4-6,8-9,14H,7,10-11H2,1-3H3,(H,17,18). The minimum atomic E-state index is 0.0456. The van der Waals surface area contributed by atoms with Crippen LogP contribution in [-0.4, -0.2) is 11.9 Å². The van der Waals surface area contributed by atoms with Crippen LogP contribution in [0.3, 0.4) is 0 Å². The molecule has 0 aliphatic heterocycles. The number of amides is 1. The van der Waals surface area contributed by atoms with Gasteiger partial charge < -0.3 is 5.32 Å². The zero-order chi connectivity index (χ0) is 13.2. The number of rotatable bonds is 2. The zero-order valence-electron chi connectivity index (χ0n) is 11.5. The van der Waals surface area contributed by atoms with Crippen LogP contribution in [0.5, 0.6) is 0 Å². The predicted molar refractivity (Wildman–Crippen MR) is 74.2 cm³/mol. The van der Waals surface area contributed by atoms with Crippen molar-refractivity contribution >= 4 is 5.91 Å². The van der Waals surface area contributed by atoms with Crippen molar-refractivity contribution in [2.75, 3.05) is 0 Å². The molecule has 2 heteroatoms. The molecular formula is C16H22NO. The third-order valence-corrected chi connectivity index (χ3v) is 3.66. The number of hydrogen-bond acceptors (Lipinski definition) is 1. The van der Waals surface area contributed by atoms with Gasteiger partial charge in [-0.2, -0.15) is 0 Å². The summed E-state index contributed by atoms with van der Waals surface area (Å²) in [6.07, 6.45) is 3.40. The first-order chi connectivity index (χ1) is 8.48. The lowest BCUT2D eigenvalue weighted by atomic mass is 9.77. The minimum absolute atomic E-state index is 0.0456. The van der Waals surface area contributed by atoms with Crippen LogP contribution in [0.15, 0.2) is 30.3 Å². The summed E-state index contributed by atoms with van der Waals surface area (Å²) < 4.78 is 0. The molecule has 1 amide bonds. The van der Waals surface area contributed by atoms with E-state index in [4.69, 9.17) is 0 Å². The fourth-order valence-electron chi connectivity index (χ4n) is 2.73. The molecule has 1 N–H and O–H groups in total. The van der Waals surface area contributed by atoms with Crippen molar-refractivity contribution in [1.82, 2.24) is 5.32 Å². The Kier molecular flexibility index (Phi) is 3.74. The molecule has 1 atom stereocenters. The molecule has 2 rings (SSSR count). The number of carbonyl (C=O) groups is 1. The molecule has 2 nitrogen and oxygen atoms in total. The molecule has 0 heterocycles. The van der Waals surface area contributed by atoms with Crippen LogP contribution in [0.4, 0.5) is 0 Å². The molecule has 1 aromatic rings. The summed E-state index contributed by atoms with van der Waals surface area (Å²) in [6.45, 7) is 6.69. The van der Waals surface area contributed by atoms with Crippen LogP contribution >= 0.6 is 0 Å². The Hall–Kier alpha value is -1.31. The van der Waals surface area contributed by atoms with E-state index in [0.717, 1.165) is 18.4 Å². The molecule has 1 aliphatic carbocycles. The van der Waals surface area contributed by atoms with E-state index in [1.54, 1.807) is 0 Å². The third kappa shape index (κ3) is 2.92. The molecule has 1 radical (unpaired) electrons. The summed E-state index contributed by atoms with van der Waals surface area (Å²) in [7, 11) is 0. The van der Waals surface area contributed by atoms with Crippen LogP contribution in [0.25, 0.3) is 0 Å². The summed E-state index contributed by atoms with van der Waals surface area (Å²) in [5.41, 5.74) is 0.933. The van der Waals surface area contributed by atoms with Crippen molar-refractivity contribution in [2.24, 2.45) is 5.41 Å². The van der Waals surface area contributed by atoms with Gasteiger partial charge in [0.15, 0.2) is 0 Å². The van der Waals surface area contributed by atoms with Gasteiger partial charge in [0, 0.05) is 17.5 Å². The van der Waals surface area contributed by atoms with Crippen LogP contribution in [0.1, 0.15) is 50.4 Å². The molecule has 0 spiro atoms. The van der Waals surface area contributed by atoms with Crippen molar-refractivity contribution in [1.29, 1.82) is 0 Å². The highest BCUT2D eigenvalue weighted by Gasteiger charge is 2.37. The topological polar surface area (TPSA) is 29.1 Å². The van der Waals surface area contributed by atoms with E-state index in [0.29, 0.717) is 0 Å². The van der Waals surface area contributed by atoms with Gasteiger partial charge in [0.25, 0.3) is 5.91 Å². The Morgan fingerprint density at radius 1 is 1.22 bits per heavy atom. The summed E-state index contributed by atoms with van der Waals surface area (Å²) >= 11 is 0. The van der Waals surface area contributed by atoms with E-state index in [-0.39, 0.29) is 17.4 Å². The Labute approximate surface area is 110 Å². The van der Waals surface area contributed by atoms with Gasteiger partial charge in [-0.3, -0.25) is 4.79 Å². The first kappa shape index (κ1) is 13.1. The highest BCUT2D eigenvalue weighted by Crippen LogP contribution is 2.41. The number of benzene rings is 1. The fraction of sp³-hybridized carbons (Fsp3) is 0.500. The lowest BCUT2D eigenvalue weighted by Gasteiger charge is -2.32. The fourth-order valence-corrected chi connectivity index (χ4v) is 2.73. The molecule has 1 aromatic carbocycles. The van der Waals surface area contributed by atoms with Gasteiger partial charge in [0.05, 0.1) is 0 Å². The molecule has 1 unspecified atom stereocenters. The monoisotopic (exact) mass is 244 g/mol. The van der Waals surface area contributed by atoms with E-state index in [9.17, 15) is 4.79 Å². The van der Waals surface area contributed by atoms with E-state index in [2.05, 4.69) is 26.1 Å². The van der Waals surface area contributed by atoms with Gasteiger partial charge in [-0.1, -0.05) is 45.4 Å². The Morgan fingerprint density at radius 2 is 1.89 bits per heavy atom. The molecule has 0 aromatic heterocycles. The van der Waals surface area contributed by atoms with Crippen molar-refractivity contribution in [3.8, 4) is 0 Å². The summed E-state index contributed by atoms with van der Waals surface area (Å²) in [5, 5.41) is 3.18. The van der Waals surface area contributed by atoms with Crippen LogP contribution < -0.4 is 5.32 Å². The lowest BCUT2D eigenvalue weighted by Crippen LogP contribution is -2.40. The van der Waals surface area contributed by atoms with Crippen molar-refractivity contribution in [2.45, 2.75) is 46.1 Å². The molecule has 1 saturated carbocycles. The molecule has 0 saturated heterocycles. The maximum Gasteiger partial charge on any atom is 0.251 e. The molecule has 0 bridgehead atoms. The second-order valence-corrected chi connectivity index (χ2v) is 6.06. The van der Waals surface area contributed by atoms with Crippen molar-refractivity contribution in [3.05, 3.63) is 41.8 Å². The Balaban J connectivity index is 2.03. The highest BCUT2D eigenvalue weighted by molar-refractivity contribution is 5.94. The van der Waals surface area contributed by atoms with Gasteiger partial charge in [0.1, 0.15) is 0 Å². The number of carbonyl (C=O) groups excluding carboxylic acids is 1. The average molecular weight is 244 g/mol. The van der Waals surface area contributed by atoms with Crippen molar-refractivity contribution < 1.29 is 4.79 Å². The van der Waals surface area contributed by atoms with E-state index >= 15 is 0 Å². The molecule has 18 heavy (non-hydrogen) atoms. The summed E-state index contributed by atoms with van der Waals surface area (Å²) in [6, 6.07) is 9.70. The quantitative estimate of drug-likeness (QED) is 0.846. The average Bonchev–Trinajstić information content (AvgIpc) is 2.78. The maximum atomic E-state index is 12.1. The van der Waals surface area contributed by atoms with Gasteiger partial charge in [-0.05, 0) is 30.4 Å². The van der Waals surface area contributed by atoms with E-state index in [1.807, 2.05) is 30.3 Å². The van der Waals surface area contributed by atoms with Gasteiger partial charge >= 0.3 is 0 Å². The van der Waals surface area contributed by atoms with Crippen LogP contribution in [0, 0.1) is 11.3 Å². The Morgan fingerprint density at radius 3 is 2.50 bits per heavy atom. The first-order valence-corrected chi connectivity index (χ1v) is 6.70. The Bertz CT molecular complexity index is 405. The number of nitrogens with one attached hydrogen (secondary N) is 1. The second kappa shape index (κ2) is 5.13. The molecule has 1 aliphatic rings. The van der Waals surface area contributed by atoms with Crippen molar-refractivity contribution in [3.63, 3.8) is 0 Å². The number of hydrogen-bond donors (Lipinski definition) is 1. The van der Waals surface area contributed by atoms with Gasteiger partial charge in [-0.25, -0.2) is 0 Å². The first-order valence-electron chi connectivity index (χ1n) is 6.70. The summed E-state index contributed by atoms with van der Waals surface area (Å²) in [4.78, 5) is 12.1. The maximum absolute atomic E-state index is 12.1. The van der Waals surface area contributed by atoms with Gasteiger partial charge in [-0.15, -0.1) is 0 Å². The zero-order valence-corrected chi connectivity index (χ0v) is 11.5. The minimum Gasteiger partial charge on any atom is -0.349 e. The molecule has 97 valence electrons. The van der Waals surface area contributed by atoms with Crippen LogP contribution in [-0.2, 0) is 0 Å². The van der Waals surface area contributed by atoms with Crippen LogP contribution in [0.2, 0.25) is 0 Å². The second-order valence-electron chi connectivity index (χ2n) is 6.06. The normalized spacial score (nSPS) is 20.9. The largest absolute Gasteiger partial charge is 0.349 e. The SMILES string of the molecule is CC(C)(C)[C]1CCCC1NC(=O)c1ccccc1. The van der Waals surface area contributed by atoms with Gasteiger partial charge in [0.2, 0.25) is 0 Å². The van der Waals surface area contributed by atoms with E-state index in [1.165, 1.54) is 12.3 Å². The summed E-state index contributed by atoms with van der Waals surface area (Å²) in [5.74, 6) is 1.52. The highest BCUT2D eigenvalue weighted by atomic mass is 16.1.